The number of alkyl halides is 2. The van der Waals surface area contributed by atoms with Gasteiger partial charge in [-0.15, -0.1) is 24.0 Å². The van der Waals surface area contributed by atoms with Crippen LogP contribution >= 0.6 is 24.0 Å². The third-order valence-corrected chi connectivity index (χ3v) is 2.28. The van der Waals surface area contributed by atoms with Crippen LogP contribution in [0.5, 0.6) is 5.75 Å². The molecule has 0 heterocycles. The molecule has 7 heteroatoms. The summed E-state index contributed by atoms with van der Waals surface area (Å²) < 4.78 is 29.0. The van der Waals surface area contributed by atoms with Crippen LogP contribution in [0.3, 0.4) is 0 Å². The summed E-state index contributed by atoms with van der Waals surface area (Å²) in [4.78, 5) is 4.04. The van der Waals surface area contributed by atoms with Crippen molar-refractivity contribution in [3.05, 3.63) is 29.8 Å². The number of aliphatic imine (C=N–C) groups is 1. The van der Waals surface area contributed by atoms with Crippen LogP contribution in [0.1, 0.15) is 19.4 Å². The first kappa shape index (κ1) is 18.9. The Morgan fingerprint density at radius 1 is 1.30 bits per heavy atom. The van der Waals surface area contributed by atoms with Crippen molar-refractivity contribution in [3.8, 4) is 5.75 Å². The number of hydrogen-bond donors (Lipinski definition) is 2. The SMILES string of the molecule is CN=C(NCc1ccccc1OC(F)F)NC(C)C.I. The Kier molecular flexibility index (Phi) is 9.19. The number of benzene rings is 1. The topological polar surface area (TPSA) is 45.7 Å². The predicted octanol–water partition coefficient (Wildman–Crippen LogP) is 2.98. The first-order valence-corrected chi connectivity index (χ1v) is 6.02. The normalized spacial score (nSPS) is 11.2. The number of nitrogens with zero attached hydrogens (tertiary/aromatic N) is 1. The lowest BCUT2D eigenvalue weighted by Crippen LogP contribution is -2.40. The van der Waals surface area contributed by atoms with Gasteiger partial charge in [-0.3, -0.25) is 4.99 Å². The fraction of sp³-hybridized carbons (Fsp3) is 0.462. The Bertz CT molecular complexity index is 428. The van der Waals surface area contributed by atoms with Gasteiger partial charge in [0.1, 0.15) is 5.75 Å². The minimum atomic E-state index is -2.82. The summed E-state index contributed by atoms with van der Waals surface area (Å²) in [5.41, 5.74) is 0.648. The van der Waals surface area contributed by atoms with Gasteiger partial charge in [-0.25, -0.2) is 0 Å². The van der Waals surface area contributed by atoms with E-state index in [1.165, 1.54) is 6.07 Å². The van der Waals surface area contributed by atoms with Crippen LogP contribution in [0.4, 0.5) is 8.78 Å². The van der Waals surface area contributed by atoms with Crippen LogP contribution in [0.25, 0.3) is 0 Å². The molecule has 1 aromatic rings. The maximum Gasteiger partial charge on any atom is 0.387 e. The Balaban J connectivity index is 0.00000361. The number of rotatable bonds is 5. The molecule has 0 aliphatic rings. The predicted molar refractivity (Wildman–Crippen MR) is 87.0 cm³/mol. The molecule has 0 amide bonds. The molecule has 20 heavy (non-hydrogen) atoms. The summed E-state index contributed by atoms with van der Waals surface area (Å²) in [6, 6.07) is 6.91. The zero-order valence-corrected chi connectivity index (χ0v) is 14.0. The lowest BCUT2D eigenvalue weighted by atomic mass is 10.2. The molecular weight excluding hydrogens is 379 g/mol. The molecule has 0 spiro atoms. The molecule has 0 atom stereocenters. The van der Waals surface area contributed by atoms with Crippen LogP contribution < -0.4 is 15.4 Å². The molecule has 2 N–H and O–H groups in total. The summed E-state index contributed by atoms with van der Waals surface area (Å²) in [5.74, 6) is 0.784. The van der Waals surface area contributed by atoms with Gasteiger partial charge < -0.3 is 15.4 Å². The summed E-state index contributed by atoms with van der Waals surface area (Å²) in [5, 5.41) is 6.15. The molecule has 0 radical (unpaired) electrons. The fourth-order valence-electron chi connectivity index (χ4n) is 1.51. The van der Waals surface area contributed by atoms with Gasteiger partial charge in [-0.1, -0.05) is 18.2 Å². The van der Waals surface area contributed by atoms with Gasteiger partial charge in [0.15, 0.2) is 5.96 Å². The lowest BCUT2D eigenvalue weighted by Gasteiger charge is -2.16. The van der Waals surface area contributed by atoms with Gasteiger partial charge in [0.05, 0.1) is 0 Å². The minimum Gasteiger partial charge on any atom is -0.434 e. The van der Waals surface area contributed by atoms with E-state index in [0.717, 1.165) is 0 Å². The maximum absolute atomic E-state index is 12.3. The van der Waals surface area contributed by atoms with Crippen molar-refractivity contribution in [2.24, 2.45) is 4.99 Å². The van der Waals surface area contributed by atoms with Crippen molar-refractivity contribution in [2.75, 3.05) is 7.05 Å². The molecule has 0 unspecified atom stereocenters. The zero-order chi connectivity index (χ0) is 14.3. The monoisotopic (exact) mass is 399 g/mol. The largest absolute Gasteiger partial charge is 0.434 e. The quantitative estimate of drug-likeness (QED) is 0.455. The van der Waals surface area contributed by atoms with Gasteiger partial charge in [0.2, 0.25) is 0 Å². The van der Waals surface area contributed by atoms with Gasteiger partial charge in [-0.2, -0.15) is 8.78 Å². The molecule has 0 saturated carbocycles. The maximum atomic E-state index is 12.3. The van der Waals surface area contributed by atoms with E-state index >= 15 is 0 Å². The van der Waals surface area contributed by atoms with Gasteiger partial charge in [0, 0.05) is 25.2 Å². The smallest absolute Gasteiger partial charge is 0.387 e. The van der Waals surface area contributed by atoms with Gasteiger partial charge in [0.25, 0.3) is 0 Å². The van der Waals surface area contributed by atoms with E-state index in [1.807, 2.05) is 13.8 Å². The minimum absolute atomic E-state index is 0. The molecule has 4 nitrogen and oxygen atoms in total. The average Bonchev–Trinajstić information content (AvgIpc) is 2.35. The van der Waals surface area contributed by atoms with E-state index < -0.39 is 6.61 Å². The Labute approximate surface area is 135 Å². The van der Waals surface area contributed by atoms with Crippen LogP contribution in [0.15, 0.2) is 29.3 Å². The van der Waals surface area contributed by atoms with Crippen molar-refractivity contribution in [1.29, 1.82) is 0 Å². The molecule has 0 fully saturated rings. The highest BCUT2D eigenvalue weighted by Crippen LogP contribution is 2.19. The van der Waals surface area contributed by atoms with Crippen LogP contribution in [0, 0.1) is 0 Å². The summed E-state index contributed by atoms with van der Waals surface area (Å²) in [7, 11) is 1.65. The van der Waals surface area contributed by atoms with Crippen molar-refractivity contribution >= 4 is 29.9 Å². The summed E-state index contributed by atoms with van der Waals surface area (Å²) >= 11 is 0. The highest BCUT2D eigenvalue weighted by atomic mass is 127. The number of hydrogen-bond acceptors (Lipinski definition) is 2. The number of halogens is 3. The van der Waals surface area contributed by atoms with Crippen LogP contribution in [-0.4, -0.2) is 25.7 Å². The standard InChI is InChI=1S/C13H19F2N3O.HI/c1-9(2)18-13(16-3)17-8-10-6-4-5-7-11(10)19-12(14)15;/h4-7,9,12H,8H2,1-3H3,(H2,16,17,18);1H. The molecule has 0 aliphatic heterocycles. The van der Waals surface area contributed by atoms with Crippen LogP contribution in [-0.2, 0) is 6.54 Å². The number of ether oxygens (including phenoxy) is 1. The number of guanidine groups is 1. The van der Waals surface area contributed by atoms with E-state index in [1.54, 1.807) is 25.2 Å². The van der Waals surface area contributed by atoms with Gasteiger partial charge in [-0.05, 0) is 19.9 Å². The molecular formula is C13H20F2IN3O. The average molecular weight is 399 g/mol. The molecule has 0 bridgehead atoms. The van der Waals surface area contributed by atoms with E-state index in [4.69, 9.17) is 0 Å². The third kappa shape index (κ3) is 6.88. The van der Waals surface area contributed by atoms with Crippen molar-refractivity contribution in [2.45, 2.75) is 33.0 Å². The second kappa shape index (κ2) is 9.73. The Hall–Kier alpha value is -1.12. The zero-order valence-electron chi connectivity index (χ0n) is 11.7. The Morgan fingerprint density at radius 2 is 1.95 bits per heavy atom. The van der Waals surface area contributed by atoms with Crippen molar-refractivity contribution in [3.63, 3.8) is 0 Å². The van der Waals surface area contributed by atoms with E-state index in [9.17, 15) is 8.78 Å². The van der Waals surface area contributed by atoms with E-state index in [0.29, 0.717) is 18.1 Å². The first-order chi connectivity index (χ1) is 9.02. The van der Waals surface area contributed by atoms with Crippen molar-refractivity contribution in [1.82, 2.24) is 10.6 Å². The fourth-order valence-corrected chi connectivity index (χ4v) is 1.51. The lowest BCUT2D eigenvalue weighted by molar-refractivity contribution is -0.0504. The molecule has 0 aromatic heterocycles. The van der Waals surface area contributed by atoms with Crippen molar-refractivity contribution < 1.29 is 13.5 Å². The van der Waals surface area contributed by atoms with E-state index in [2.05, 4.69) is 20.4 Å². The third-order valence-electron chi connectivity index (χ3n) is 2.28. The second-order valence-electron chi connectivity index (χ2n) is 4.21. The molecule has 1 rings (SSSR count). The molecule has 114 valence electrons. The molecule has 1 aromatic carbocycles. The summed E-state index contributed by atoms with van der Waals surface area (Å²) in [6.45, 7) is 1.51. The Morgan fingerprint density at radius 3 is 2.50 bits per heavy atom. The highest BCUT2D eigenvalue weighted by molar-refractivity contribution is 14.0. The number of nitrogens with one attached hydrogen (secondary N) is 2. The van der Waals surface area contributed by atoms with Crippen LogP contribution in [0.2, 0.25) is 0 Å². The first-order valence-electron chi connectivity index (χ1n) is 6.02. The highest BCUT2D eigenvalue weighted by Gasteiger charge is 2.09. The van der Waals surface area contributed by atoms with Gasteiger partial charge >= 0.3 is 6.61 Å². The second-order valence-corrected chi connectivity index (χ2v) is 4.21. The molecule has 0 aliphatic carbocycles. The van der Waals surface area contributed by atoms with E-state index in [-0.39, 0.29) is 35.8 Å². The number of para-hydroxylation sites is 1. The summed E-state index contributed by atoms with van der Waals surface area (Å²) in [6.07, 6.45) is 0. The molecule has 0 saturated heterocycles.